The predicted octanol–water partition coefficient (Wildman–Crippen LogP) is 2.55. The zero-order chi connectivity index (χ0) is 16.5. The number of para-hydroxylation sites is 1. The molecule has 6 nitrogen and oxygen atoms in total. The SMILES string of the molecule is CCc1nc([C@H]2CCCN2C(=O)[C@H]2COc3ccccc3C2)no1. The number of amides is 1. The number of hydrogen-bond acceptors (Lipinski definition) is 5. The van der Waals surface area contributed by atoms with Crippen LogP contribution in [-0.2, 0) is 17.6 Å². The summed E-state index contributed by atoms with van der Waals surface area (Å²) >= 11 is 0. The Balaban J connectivity index is 1.51. The van der Waals surface area contributed by atoms with Gasteiger partial charge in [-0.15, -0.1) is 0 Å². The first kappa shape index (κ1) is 15.2. The monoisotopic (exact) mass is 327 g/mol. The van der Waals surface area contributed by atoms with Gasteiger partial charge in [-0.05, 0) is 30.9 Å². The van der Waals surface area contributed by atoms with Gasteiger partial charge in [-0.3, -0.25) is 4.79 Å². The quantitative estimate of drug-likeness (QED) is 0.866. The van der Waals surface area contributed by atoms with E-state index in [1.54, 1.807) is 0 Å². The molecule has 1 fully saturated rings. The number of nitrogens with zero attached hydrogens (tertiary/aromatic N) is 3. The summed E-state index contributed by atoms with van der Waals surface area (Å²) in [4.78, 5) is 19.4. The minimum Gasteiger partial charge on any atom is -0.492 e. The molecule has 1 saturated heterocycles. The van der Waals surface area contributed by atoms with E-state index < -0.39 is 0 Å². The van der Waals surface area contributed by atoms with Crippen molar-refractivity contribution in [2.24, 2.45) is 5.92 Å². The number of fused-ring (bicyclic) bond motifs is 1. The van der Waals surface area contributed by atoms with Gasteiger partial charge in [-0.25, -0.2) is 0 Å². The van der Waals surface area contributed by atoms with Crippen molar-refractivity contribution < 1.29 is 14.1 Å². The Hall–Kier alpha value is -2.37. The Morgan fingerprint density at radius 1 is 1.38 bits per heavy atom. The number of carbonyl (C=O) groups excluding carboxylic acids is 1. The van der Waals surface area contributed by atoms with Crippen molar-refractivity contribution >= 4 is 5.91 Å². The standard InChI is InChI=1S/C18H21N3O3/c1-2-16-19-17(20-24-16)14-7-5-9-21(14)18(22)13-10-12-6-3-4-8-15(12)23-11-13/h3-4,6,8,13-14H,2,5,7,9-11H2,1H3/t13-,14-/m1/s1. The molecule has 24 heavy (non-hydrogen) atoms. The van der Waals surface area contributed by atoms with Gasteiger partial charge in [0, 0.05) is 13.0 Å². The molecule has 0 unspecified atom stereocenters. The number of aromatic nitrogens is 2. The molecule has 2 aliphatic heterocycles. The fraction of sp³-hybridized carbons (Fsp3) is 0.500. The molecule has 4 rings (SSSR count). The summed E-state index contributed by atoms with van der Waals surface area (Å²) in [6.07, 6.45) is 3.29. The lowest BCUT2D eigenvalue weighted by molar-refractivity contribution is -0.138. The Morgan fingerprint density at radius 3 is 3.08 bits per heavy atom. The Labute approximate surface area is 140 Å². The summed E-state index contributed by atoms with van der Waals surface area (Å²) in [6, 6.07) is 7.86. The van der Waals surface area contributed by atoms with Crippen LogP contribution in [-0.4, -0.2) is 34.1 Å². The van der Waals surface area contributed by atoms with E-state index in [4.69, 9.17) is 9.26 Å². The first-order valence-electron chi connectivity index (χ1n) is 8.60. The third-order valence-corrected chi connectivity index (χ3v) is 4.85. The van der Waals surface area contributed by atoms with E-state index in [0.29, 0.717) is 24.7 Å². The Kier molecular flexibility index (Phi) is 3.96. The van der Waals surface area contributed by atoms with Gasteiger partial charge in [0.2, 0.25) is 11.8 Å². The van der Waals surface area contributed by atoms with Gasteiger partial charge in [0.1, 0.15) is 12.4 Å². The molecule has 6 heteroatoms. The molecule has 0 N–H and O–H groups in total. The maximum absolute atomic E-state index is 13.0. The number of aryl methyl sites for hydroxylation is 1. The van der Waals surface area contributed by atoms with Crippen LogP contribution in [0.5, 0.6) is 5.75 Å². The summed E-state index contributed by atoms with van der Waals surface area (Å²) in [5.74, 6) is 2.15. The second-order valence-corrected chi connectivity index (χ2v) is 6.41. The van der Waals surface area contributed by atoms with Crippen LogP contribution >= 0.6 is 0 Å². The molecule has 2 aliphatic rings. The Morgan fingerprint density at radius 2 is 2.25 bits per heavy atom. The van der Waals surface area contributed by atoms with Crippen molar-refractivity contribution in [1.82, 2.24) is 15.0 Å². The van der Waals surface area contributed by atoms with E-state index in [9.17, 15) is 4.79 Å². The predicted molar refractivity (Wildman–Crippen MR) is 86.5 cm³/mol. The van der Waals surface area contributed by atoms with E-state index in [1.165, 1.54) is 0 Å². The normalized spacial score (nSPS) is 23.0. The van der Waals surface area contributed by atoms with Crippen molar-refractivity contribution in [3.05, 3.63) is 41.5 Å². The van der Waals surface area contributed by atoms with Crippen LogP contribution in [0, 0.1) is 5.92 Å². The lowest BCUT2D eigenvalue weighted by atomic mass is 9.95. The number of hydrogen-bond donors (Lipinski definition) is 0. The van der Waals surface area contributed by atoms with Crippen molar-refractivity contribution in [1.29, 1.82) is 0 Å². The molecular weight excluding hydrogens is 306 g/mol. The van der Waals surface area contributed by atoms with Crippen LogP contribution in [0.2, 0.25) is 0 Å². The number of carbonyl (C=O) groups is 1. The molecule has 1 amide bonds. The van der Waals surface area contributed by atoms with Crippen LogP contribution in [0.25, 0.3) is 0 Å². The van der Waals surface area contributed by atoms with Crippen LogP contribution < -0.4 is 4.74 Å². The molecule has 1 aromatic carbocycles. The van der Waals surface area contributed by atoms with Gasteiger partial charge in [-0.1, -0.05) is 30.3 Å². The summed E-state index contributed by atoms with van der Waals surface area (Å²) in [7, 11) is 0. The van der Waals surface area contributed by atoms with E-state index >= 15 is 0 Å². The van der Waals surface area contributed by atoms with E-state index in [0.717, 1.165) is 37.1 Å². The number of benzene rings is 1. The van der Waals surface area contributed by atoms with Crippen molar-refractivity contribution in [3.8, 4) is 5.75 Å². The largest absolute Gasteiger partial charge is 0.492 e. The van der Waals surface area contributed by atoms with Gasteiger partial charge < -0.3 is 14.2 Å². The maximum Gasteiger partial charge on any atom is 0.230 e. The second-order valence-electron chi connectivity index (χ2n) is 6.41. The van der Waals surface area contributed by atoms with Crippen molar-refractivity contribution in [2.75, 3.05) is 13.2 Å². The third-order valence-electron chi connectivity index (χ3n) is 4.85. The molecule has 3 heterocycles. The lowest BCUT2D eigenvalue weighted by Crippen LogP contribution is -2.40. The fourth-order valence-corrected chi connectivity index (χ4v) is 3.57. The first-order valence-corrected chi connectivity index (χ1v) is 8.60. The van der Waals surface area contributed by atoms with Crippen LogP contribution in [0.1, 0.15) is 43.1 Å². The van der Waals surface area contributed by atoms with E-state index in [1.807, 2.05) is 36.1 Å². The molecule has 0 aliphatic carbocycles. The molecule has 0 saturated carbocycles. The zero-order valence-corrected chi connectivity index (χ0v) is 13.8. The summed E-state index contributed by atoms with van der Waals surface area (Å²) in [6.45, 7) is 3.16. The number of ether oxygens (including phenoxy) is 1. The third kappa shape index (κ3) is 2.66. The Bertz CT molecular complexity index is 743. The zero-order valence-electron chi connectivity index (χ0n) is 13.8. The molecule has 126 valence electrons. The smallest absolute Gasteiger partial charge is 0.230 e. The van der Waals surface area contributed by atoms with Crippen LogP contribution in [0.3, 0.4) is 0 Å². The highest BCUT2D eigenvalue weighted by Gasteiger charge is 2.38. The summed E-state index contributed by atoms with van der Waals surface area (Å²) in [5.41, 5.74) is 1.10. The highest BCUT2D eigenvalue weighted by Crippen LogP contribution is 2.34. The van der Waals surface area contributed by atoms with Crippen molar-refractivity contribution in [2.45, 2.75) is 38.6 Å². The molecule has 2 atom stereocenters. The fourth-order valence-electron chi connectivity index (χ4n) is 3.57. The van der Waals surface area contributed by atoms with Crippen LogP contribution in [0.15, 0.2) is 28.8 Å². The highest BCUT2D eigenvalue weighted by molar-refractivity contribution is 5.80. The van der Waals surface area contributed by atoms with Gasteiger partial charge >= 0.3 is 0 Å². The average Bonchev–Trinajstić information content (AvgIpc) is 3.29. The minimum atomic E-state index is -0.141. The summed E-state index contributed by atoms with van der Waals surface area (Å²) < 4.78 is 11.0. The van der Waals surface area contributed by atoms with Crippen LogP contribution in [0.4, 0.5) is 0 Å². The van der Waals surface area contributed by atoms with Gasteiger partial charge in [-0.2, -0.15) is 4.98 Å². The summed E-state index contributed by atoms with van der Waals surface area (Å²) in [5, 5.41) is 4.07. The minimum absolute atomic E-state index is 0.0706. The maximum atomic E-state index is 13.0. The highest BCUT2D eigenvalue weighted by atomic mass is 16.5. The molecular formula is C18H21N3O3. The molecule has 0 spiro atoms. The lowest BCUT2D eigenvalue weighted by Gasteiger charge is -2.30. The molecule has 0 radical (unpaired) electrons. The van der Waals surface area contributed by atoms with Gasteiger partial charge in [0.15, 0.2) is 5.82 Å². The number of rotatable bonds is 3. The number of likely N-dealkylation sites (tertiary alicyclic amines) is 1. The topological polar surface area (TPSA) is 68.5 Å². The van der Waals surface area contributed by atoms with Gasteiger partial charge in [0.05, 0.1) is 12.0 Å². The van der Waals surface area contributed by atoms with E-state index in [-0.39, 0.29) is 17.9 Å². The molecule has 0 bridgehead atoms. The van der Waals surface area contributed by atoms with Crippen molar-refractivity contribution in [3.63, 3.8) is 0 Å². The van der Waals surface area contributed by atoms with Gasteiger partial charge in [0.25, 0.3) is 0 Å². The van der Waals surface area contributed by atoms with E-state index in [2.05, 4.69) is 10.1 Å². The molecule has 2 aromatic rings. The second kappa shape index (κ2) is 6.26. The first-order chi connectivity index (χ1) is 11.8. The average molecular weight is 327 g/mol. The molecule has 1 aromatic heterocycles.